The maximum atomic E-state index is 12.9. The van der Waals surface area contributed by atoms with Crippen LogP contribution in [0.4, 0.5) is 0 Å². The van der Waals surface area contributed by atoms with Crippen molar-refractivity contribution < 1.29 is 9.53 Å². The van der Waals surface area contributed by atoms with Gasteiger partial charge in [0.1, 0.15) is 11.9 Å². The first-order chi connectivity index (χ1) is 9.98. The Morgan fingerprint density at radius 3 is 3.00 bits per heavy atom. The molecule has 21 heavy (non-hydrogen) atoms. The fraction of sp³-hybridized carbons (Fsp3) is 0.733. The maximum Gasteiger partial charge on any atom is 0.228 e. The molecule has 2 fully saturated rings. The number of hydrogen-bond acceptors (Lipinski definition) is 4. The van der Waals surface area contributed by atoms with Gasteiger partial charge in [-0.15, -0.1) is 0 Å². The highest BCUT2D eigenvalue weighted by Crippen LogP contribution is 2.37. The minimum Gasteiger partial charge on any atom is -0.369 e. The van der Waals surface area contributed by atoms with Gasteiger partial charge in [-0.1, -0.05) is 0 Å². The van der Waals surface area contributed by atoms with Gasteiger partial charge in [0.15, 0.2) is 0 Å². The Morgan fingerprint density at radius 2 is 2.33 bits per heavy atom. The van der Waals surface area contributed by atoms with E-state index < -0.39 is 0 Å². The Morgan fingerprint density at radius 1 is 1.52 bits per heavy atom. The van der Waals surface area contributed by atoms with Gasteiger partial charge in [-0.3, -0.25) is 4.79 Å². The van der Waals surface area contributed by atoms with E-state index in [0.717, 1.165) is 31.1 Å². The highest BCUT2D eigenvalue weighted by Gasteiger charge is 2.41. The molecule has 2 aliphatic heterocycles. The van der Waals surface area contributed by atoms with Crippen molar-refractivity contribution in [3.05, 3.63) is 18.2 Å². The van der Waals surface area contributed by atoms with Crippen molar-refractivity contribution >= 4 is 17.7 Å². The first-order valence-corrected chi connectivity index (χ1v) is 8.48. The molecule has 0 unspecified atom stereocenters. The minimum atomic E-state index is -0.199. The zero-order valence-corrected chi connectivity index (χ0v) is 13.7. The average molecular weight is 309 g/mol. The van der Waals surface area contributed by atoms with Gasteiger partial charge in [0.05, 0.1) is 5.92 Å². The summed E-state index contributed by atoms with van der Waals surface area (Å²) in [5, 5.41) is 0. The summed E-state index contributed by atoms with van der Waals surface area (Å²) < 4.78 is 7.91. The number of hydrogen-bond donors (Lipinski definition) is 0. The molecule has 2 aliphatic rings. The second-order valence-electron chi connectivity index (χ2n) is 6.45. The summed E-state index contributed by atoms with van der Waals surface area (Å²) in [4.78, 5) is 19.3. The van der Waals surface area contributed by atoms with Crippen LogP contribution < -0.4 is 0 Å². The molecule has 0 bridgehead atoms. The summed E-state index contributed by atoms with van der Waals surface area (Å²) in [6.07, 6.45) is 4.26. The number of nitrogens with zero attached hydrogens (tertiary/aromatic N) is 3. The van der Waals surface area contributed by atoms with Crippen LogP contribution in [0.5, 0.6) is 0 Å². The van der Waals surface area contributed by atoms with Crippen molar-refractivity contribution in [1.82, 2.24) is 14.5 Å². The lowest BCUT2D eigenvalue weighted by Gasteiger charge is -2.39. The Kier molecular flexibility index (Phi) is 4.01. The first-order valence-electron chi connectivity index (χ1n) is 7.49. The molecule has 2 atom stereocenters. The van der Waals surface area contributed by atoms with Crippen LogP contribution in [-0.4, -0.2) is 50.6 Å². The van der Waals surface area contributed by atoms with Crippen LogP contribution in [0.3, 0.4) is 0 Å². The average Bonchev–Trinajstić information content (AvgIpc) is 3.04. The van der Waals surface area contributed by atoms with Gasteiger partial charge in [0.25, 0.3) is 0 Å². The molecule has 3 heterocycles. The van der Waals surface area contributed by atoms with E-state index >= 15 is 0 Å². The number of imidazole rings is 1. The third-order valence-corrected chi connectivity index (χ3v) is 5.56. The van der Waals surface area contributed by atoms with Crippen molar-refractivity contribution in [3.8, 4) is 0 Å². The molecule has 0 N–H and O–H groups in total. The third-order valence-electron chi connectivity index (χ3n) is 4.26. The van der Waals surface area contributed by atoms with Crippen LogP contribution in [0, 0.1) is 5.92 Å². The van der Waals surface area contributed by atoms with Crippen LogP contribution in [0.15, 0.2) is 12.4 Å². The molecule has 0 aromatic carbocycles. The SMILES string of the molecule is Cn1ccnc1[C@@H]1OCC[C@H]1C(=O)N1CCSC(C)(C)C1. The van der Waals surface area contributed by atoms with Gasteiger partial charge >= 0.3 is 0 Å². The fourth-order valence-electron chi connectivity index (χ4n) is 3.19. The molecule has 5 nitrogen and oxygen atoms in total. The molecule has 0 saturated carbocycles. The van der Waals surface area contributed by atoms with Crippen LogP contribution in [0.2, 0.25) is 0 Å². The summed E-state index contributed by atoms with van der Waals surface area (Å²) in [5.41, 5.74) is 0. The molecule has 0 spiro atoms. The number of carbonyl (C=O) groups excluding carboxylic acids is 1. The van der Waals surface area contributed by atoms with Crippen LogP contribution >= 0.6 is 11.8 Å². The van der Waals surface area contributed by atoms with Crippen molar-refractivity contribution in [2.75, 3.05) is 25.4 Å². The number of ether oxygens (including phenoxy) is 1. The van der Waals surface area contributed by atoms with Crippen molar-refractivity contribution in [2.45, 2.75) is 31.1 Å². The van der Waals surface area contributed by atoms with Crippen LogP contribution in [-0.2, 0) is 16.6 Å². The monoisotopic (exact) mass is 309 g/mol. The molecule has 2 saturated heterocycles. The zero-order chi connectivity index (χ0) is 15.0. The topological polar surface area (TPSA) is 47.4 Å². The number of amides is 1. The van der Waals surface area contributed by atoms with E-state index in [-0.39, 0.29) is 22.7 Å². The second-order valence-corrected chi connectivity index (χ2v) is 8.25. The highest BCUT2D eigenvalue weighted by molar-refractivity contribution is 8.00. The normalized spacial score (nSPS) is 28.8. The summed E-state index contributed by atoms with van der Waals surface area (Å²) in [6, 6.07) is 0. The largest absolute Gasteiger partial charge is 0.369 e. The van der Waals surface area contributed by atoms with Crippen molar-refractivity contribution in [1.29, 1.82) is 0 Å². The number of aryl methyl sites for hydroxylation is 1. The first kappa shape index (κ1) is 14.9. The lowest BCUT2D eigenvalue weighted by Crippen LogP contribution is -2.48. The summed E-state index contributed by atoms with van der Waals surface area (Å²) >= 11 is 1.94. The van der Waals surface area contributed by atoms with E-state index in [9.17, 15) is 4.79 Å². The Bertz CT molecular complexity index is 529. The van der Waals surface area contributed by atoms with E-state index in [1.807, 2.05) is 34.5 Å². The summed E-state index contributed by atoms with van der Waals surface area (Å²) in [6.45, 7) is 6.72. The van der Waals surface area contributed by atoms with E-state index in [1.54, 1.807) is 6.20 Å². The second kappa shape index (κ2) is 5.65. The number of rotatable bonds is 2. The number of thioether (sulfide) groups is 1. The molecule has 0 radical (unpaired) electrons. The minimum absolute atomic E-state index is 0.0926. The Labute approximate surface area is 130 Å². The predicted octanol–water partition coefficient (Wildman–Crippen LogP) is 1.85. The van der Waals surface area contributed by atoms with E-state index in [1.165, 1.54) is 0 Å². The van der Waals surface area contributed by atoms with Crippen LogP contribution in [0.1, 0.15) is 32.2 Å². The smallest absolute Gasteiger partial charge is 0.228 e. The van der Waals surface area contributed by atoms with Gasteiger partial charge in [-0.25, -0.2) is 4.98 Å². The molecule has 1 amide bonds. The summed E-state index contributed by atoms with van der Waals surface area (Å²) in [7, 11) is 1.95. The Balaban J connectivity index is 1.76. The van der Waals surface area contributed by atoms with E-state index in [4.69, 9.17) is 4.74 Å². The predicted molar refractivity (Wildman–Crippen MR) is 83.1 cm³/mol. The number of carbonyl (C=O) groups is 1. The van der Waals surface area contributed by atoms with Crippen molar-refractivity contribution in [2.24, 2.45) is 13.0 Å². The van der Waals surface area contributed by atoms with Gasteiger partial charge in [-0.2, -0.15) is 11.8 Å². The molecular weight excluding hydrogens is 286 g/mol. The fourth-order valence-corrected chi connectivity index (χ4v) is 4.30. The third kappa shape index (κ3) is 2.97. The summed E-state index contributed by atoms with van der Waals surface area (Å²) in [5.74, 6) is 2.01. The van der Waals surface area contributed by atoms with Gasteiger partial charge < -0.3 is 14.2 Å². The van der Waals surface area contributed by atoms with Gasteiger partial charge in [-0.05, 0) is 20.3 Å². The lowest BCUT2D eigenvalue weighted by atomic mass is 9.98. The zero-order valence-electron chi connectivity index (χ0n) is 12.9. The Hall–Kier alpha value is -1.01. The van der Waals surface area contributed by atoms with Gasteiger partial charge in [0.2, 0.25) is 5.91 Å². The molecule has 116 valence electrons. The molecular formula is C15H23N3O2S. The molecule has 1 aromatic heterocycles. The molecule has 0 aliphatic carbocycles. The quantitative estimate of drug-likeness (QED) is 0.836. The van der Waals surface area contributed by atoms with Crippen molar-refractivity contribution in [3.63, 3.8) is 0 Å². The lowest BCUT2D eigenvalue weighted by molar-refractivity contribution is -0.137. The standard InChI is InChI=1S/C15H23N3O2S/c1-15(2)10-18(7-9-21-15)14(19)11-4-8-20-12(11)13-16-5-6-17(13)3/h5-6,11-12H,4,7-10H2,1-3H3/t11-,12-/m1/s1. The highest BCUT2D eigenvalue weighted by atomic mass is 32.2. The van der Waals surface area contributed by atoms with Crippen LogP contribution in [0.25, 0.3) is 0 Å². The van der Waals surface area contributed by atoms with Gasteiger partial charge in [0, 0.05) is 49.6 Å². The molecule has 3 rings (SSSR count). The molecule has 1 aromatic rings. The van der Waals surface area contributed by atoms with E-state index in [0.29, 0.717) is 6.61 Å². The number of aromatic nitrogens is 2. The maximum absolute atomic E-state index is 12.9. The van der Waals surface area contributed by atoms with E-state index in [2.05, 4.69) is 18.8 Å². The molecule has 6 heteroatoms.